The first-order valence-corrected chi connectivity index (χ1v) is 9.52. The fraction of sp³-hybridized carbons (Fsp3) is 0.947. The van der Waals surface area contributed by atoms with Crippen LogP contribution in [0.25, 0.3) is 0 Å². The third kappa shape index (κ3) is 7.56. The molecule has 0 spiro atoms. The molecule has 0 aromatic heterocycles. The average Bonchev–Trinajstić information content (AvgIpc) is 2.68. The minimum atomic E-state index is -0.423. The van der Waals surface area contributed by atoms with Gasteiger partial charge in [0.05, 0.1) is 0 Å². The number of rotatable bonds is 6. The lowest BCUT2D eigenvalue weighted by Gasteiger charge is -2.34. The normalized spacial score (nSPS) is 21.2. The van der Waals surface area contributed by atoms with Crippen molar-refractivity contribution in [3.8, 4) is 0 Å². The SMILES string of the molecule is CCC(CC)NC(C)CC1CCCCCN1C(=O)OC(C)(C)C. The van der Waals surface area contributed by atoms with Gasteiger partial charge >= 0.3 is 6.09 Å². The molecule has 1 aliphatic rings. The third-order valence-electron chi connectivity index (χ3n) is 4.64. The smallest absolute Gasteiger partial charge is 0.410 e. The molecule has 2 atom stereocenters. The van der Waals surface area contributed by atoms with Crippen molar-refractivity contribution in [1.82, 2.24) is 10.2 Å². The molecule has 1 saturated heterocycles. The van der Waals surface area contributed by atoms with E-state index >= 15 is 0 Å². The molecule has 136 valence electrons. The molecular formula is C19H38N2O2. The van der Waals surface area contributed by atoms with Crippen LogP contribution in [-0.2, 0) is 4.74 Å². The standard InChI is InChI=1S/C19H38N2O2/c1-7-16(8-2)20-15(3)14-17-12-10-9-11-13-21(17)18(22)23-19(4,5)6/h15-17,20H,7-14H2,1-6H3. The first-order chi connectivity index (χ1) is 10.8. The summed E-state index contributed by atoms with van der Waals surface area (Å²) in [7, 11) is 0. The molecule has 1 heterocycles. The summed E-state index contributed by atoms with van der Waals surface area (Å²) in [5, 5.41) is 3.71. The van der Waals surface area contributed by atoms with Gasteiger partial charge in [0.2, 0.25) is 0 Å². The zero-order valence-electron chi connectivity index (χ0n) is 16.2. The highest BCUT2D eigenvalue weighted by Gasteiger charge is 2.30. The van der Waals surface area contributed by atoms with Crippen LogP contribution in [0.5, 0.6) is 0 Å². The van der Waals surface area contributed by atoms with Gasteiger partial charge in [-0.25, -0.2) is 4.79 Å². The largest absolute Gasteiger partial charge is 0.444 e. The maximum absolute atomic E-state index is 12.6. The van der Waals surface area contributed by atoms with E-state index < -0.39 is 5.60 Å². The second-order valence-corrected chi connectivity index (χ2v) is 7.99. The van der Waals surface area contributed by atoms with E-state index in [4.69, 9.17) is 4.74 Å². The van der Waals surface area contributed by atoms with Gasteiger partial charge in [-0.1, -0.05) is 26.7 Å². The fourth-order valence-corrected chi connectivity index (χ4v) is 3.39. The van der Waals surface area contributed by atoms with Crippen LogP contribution in [0.4, 0.5) is 4.79 Å². The molecule has 4 heteroatoms. The molecule has 0 bridgehead atoms. The maximum atomic E-state index is 12.6. The summed E-state index contributed by atoms with van der Waals surface area (Å²) >= 11 is 0. The summed E-state index contributed by atoms with van der Waals surface area (Å²) in [6, 6.07) is 1.29. The Kier molecular flexibility index (Phi) is 8.38. The number of carbonyl (C=O) groups excluding carboxylic acids is 1. The van der Waals surface area contributed by atoms with Gasteiger partial charge in [-0.15, -0.1) is 0 Å². The average molecular weight is 327 g/mol. The summed E-state index contributed by atoms with van der Waals surface area (Å²) in [6.45, 7) is 13.4. The molecule has 0 aromatic rings. The topological polar surface area (TPSA) is 41.6 Å². The minimum absolute atomic E-state index is 0.140. The molecule has 1 amide bonds. The Balaban J connectivity index is 2.68. The molecule has 2 unspecified atom stereocenters. The van der Waals surface area contributed by atoms with Gasteiger partial charge in [-0.2, -0.15) is 0 Å². The van der Waals surface area contributed by atoms with Crippen LogP contribution in [0.3, 0.4) is 0 Å². The van der Waals surface area contributed by atoms with Gasteiger partial charge < -0.3 is 15.0 Å². The lowest BCUT2D eigenvalue weighted by Crippen LogP contribution is -2.46. The van der Waals surface area contributed by atoms with E-state index in [9.17, 15) is 4.79 Å². The Hall–Kier alpha value is -0.770. The van der Waals surface area contributed by atoms with Crippen LogP contribution in [0.15, 0.2) is 0 Å². The zero-order chi connectivity index (χ0) is 17.5. The van der Waals surface area contributed by atoms with Crippen molar-refractivity contribution in [2.75, 3.05) is 6.54 Å². The van der Waals surface area contributed by atoms with Crippen molar-refractivity contribution in [2.24, 2.45) is 0 Å². The first-order valence-electron chi connectivity index (χ1n) is 9.52. The molecule has 1 fully saturated rings. The predicted molar refractivity (Wildman–Crippen MR) is 96.8 cm³/mol. The quantitative estimate of drug-likeness (QED) is 0.767. The summed E-state index contributed by atoms with van der Waals surface area (Å²) in [4.78, 5) is 14.6. The van der Waals surface area contributed by atoms with Crippen molar-refractivity contribution in [3.05, 3.63) is 0 Å². The van der Waals surface area contributed by atoms with E-state index in [-0.39, 0.29) is 6.09 Å². The van der Waals surface area contributed by atoms with E-state index in [1.54, 1.807) is 0 Å². The van der Waals surface area contributed by atoms with Crippen molar-refractivity contribution in [3.63, 3.8) is 0 Å². The van der Waals surface area contributed by atoms with Gasteiger partial charge in [0.25, 0.3) is 0 Å². The highest BCUT2D eigenvalue weighted by Crippen LogP contribution is 2.23. The van der Waals surface area contributed by atoms with Crippen LogP contribution in [0.1, 0.15) is 86.5 Å². The number of nitrogens with one attached hydrogen (secondary N) is 1. The van der Waals surface area contributed by atoms with E-state index in [0.29, 0.717) is 18.1 Å². The molecule has 23 heavy (non-hydrogen) atoms. The summed E-state index contributed by atoms with van der Waals surface area (Å²) < 4.78 is 5.63. The van der Waals surface area contributed by atoms with E-state index in [1.807, 2.05) is 25.7 Å². The highest BCUT2D eigenvalue weighted by molar-refractivity contribution is 5.68. The number of likely N-dealkylation sites (tertiary alicyclic amines) is 1. The lowest BCUT2D eigenvalue weighted by atomic mass is 10.0. The van der Waals surface area contributed by atoms with Gasteiger partial charge in [0.1, 0.15) is 5.60 Å². The van der Waals surface area contributed by atoms with Crippen LogP contribution < -0.4 is 5.32 Å². The van der Waals surface area contributed by atoms with Crippen LogP contribution in [0, 0.1) is 0 Å². The second kappa shape index (κ2) is 9.51. The number of hydrogen-bond donors (Lipinski definition) is 1. The first kappa shape index (κ1) is 20.3. The second-order valence-electron chi connectivity index (χ2n) is 7.99. The number of hydrogen-bond acceptors (Lipinski definition) is 3. The summed E-state index contributed by atoms with van der Waals surface area (Å²) in [6.07, 6.45) is 7.78. The number of carbonyl (C=O) groups is 1. The Morgan fingerprint density at radius 3 is 2.43 bits per heavy atom. The molecule has 0 radical (unpaired) electrons. The van der Waals surface area contributed by atoms with Gasteiger partial charge in [-0.3, -0.25) is 0 Å². The molecule has 1 N–H and O–H groups in total. The molecule has 0 aromatic carbocycles. The minimum Gasteiger partial charge on any atom is -0.444 e. The van der Waals surface area contributed by atoms with E-state index in [1.165, 1.54) is 12.8 Å². The van der Waals surface area contributed by atoms with Crippen molar-refractivity contribution >= 4 is 6.09 Å². The lowest BCUT2D eigenvalue weighted by molar-refractivity contribution is 0.0149. The molecular weight excluding hydrogens is 288 g/mol. The van der Waals surface area contributed by atoms with Gasteiger partial charge in [0.15, 0.2) is 0 Å². The molecule has 1 aliphatic heterocycles. The third-order valence-corrected chi connectivity index (χ3v) is 4.64. The molecule has 4 nitrogen and oxygen atoms in total. The van der Waals surface area contributed by atoms with E-state index in [2.05, 4.69) is 26.1 Å². The Bertz CT molecular complexity index is 348. The fourth-order valence-electron chi connectivity index (χ4n) is 3.39. The monoisotopic (exact) mass is 326 g/mol. The van der Waals surface area contributed by atoms with Crippen LogP contribution in [-0.4, -0.2) is 41.3 Å². The summed E-state index contributed by atoms with van der Waals surface area (Å²) in [5.74, 6) is 0. The van der Waals surface area contributed by atoms with Gasteiger partial charge in [-0.05, 0) is 59.8 Å². The molecule has 0 aliphatic carbocycles. The molecule has 1 rings (SSSR count). The molecule has 0 saturated carbocycles. The highest BCUT2D eigenvalue weighted by atomic mass is 16.6. The van der Waals surface area contributed by atoms with Crippen LogP contribution >= 0.6 is 0 Å². The summed E-state index contributed by atoms with van der Waals surface area (Å²) in [5.41, 5.74) is -0.423. The number of ether oxygens (including phenoxy) is 1. The van der Waals surface area contributed by atoms with Crippen LogP contribution in [0.2, 0.25) is 0 Å². The predicted octanol–water partition coefficient (Wildman–Crippen LogP) is 4.72. The zero-order valence-corrected chi connectivity index (χ0v) is 16.2. The Labute approximate surface area is 143 Å². The van der Waals surface area contributed by atoms with Crippen molar-refractivity contribution < 1.29 is 9.53 Å². The maximum Gasteiger partial charge on any atom is 0.410 e. The van der Waals surface area contributed by atoms with Gasteiger partial charge in [0, 0.05) is 24.7 Å². The van der Waals surface area contributed by atoms with E-state index in [0.717, 1.165) is 38.6 Å². The Morgan fingerprint density at radius 2 is 1.87 bits per heavy atom. The van der Waals surface area contributed by atoms with Crippen molar-refractivity contribution in [2.45, 2.75) is 110 Å². The Morgan fingerprint density at radius 1 is 1.22 bits per heavy atom. The number of amides is 1. The number of nitrogens with zero attached hydrogens (tertiary/aromatic N) is 1. The van der Waals surface area contributed by atoms with Crippen molar-refractivity contribution in [1.29, 1.82) is 0 Å².